The molecule has 0 amide bonds. The van der Waals surface area contributed by atoms with E-state index in [-0.39, 0.29) is 12.0 Å². The van der Waals surface area contributed by atoms with E-state index in [0.29, 0.717) is 6.61 Å². The van der Waals surface area contributed by atoms with Gasteiger partial charge in [-0.2, -0.15) is 4.98 Å². The van der Waals surface area contributed by atoms with E-state index < -0.39 is 0 Å². The molecule has 3 aromatic rings. The molecule has 6 heteroatoms. The fourth-order valence-electron chi connectivity index (χ4n) is 4.53. The maximum atomic E-state index is 6.03. The smallest absolute Gasteiger partial charge is 0.222 e. The lowest BCUT2D eigenvalue weighted by Crippen LogP contribution is -2.32. The van der Waals surface area contributed by atoms with Gasteiger partial charge < -0.3 is 10.6 Å². The van der Waals surface area contributed by atoms with Gasteiger partial charge in [0.2, 0.25) is 5.95 Å². The summed E-state index contributed by atoms with van der Waals surface area (Å²) in [4.78, 5) is 17.4. The van der Waals surface area contributed by atoms with E-state index in [1.165, 1.54) is 24.1 Å². The number of benzene rings is 2. The second kappa shape index (κ2) is 8.55. The highest BCUT2D eigenvalue weighted by atomic mass is 16.7. The van der Waals surface area contributed by atoms with E-state index in [1.54, 1.807) is 6.20 Å². The van der Waals surface area contributed by atoms with Crippen LogP contribution in [0.15, 0.2) is 60.8 Å². The SMILES string of the molecule is CC1CCN(c2ccc(-c3cnc(N)nc3N3OCCC3c3ccccc3)cc2)CC1. The zero-order valence-corrected chi connectivity index (χ0v) is 17.9. The molecule has 160 valence electrons. The highest BCUT2D eigenvalue weighted by Crippen LogP contribution is 2.39. The molecule has 3 heterocycles. The van der Waals surface area contributed by atoms with Crippen LogP contribution < -0.4 is 15.7 Å². The molecule has 2 N–H and O–H groups in total. The zero-order valence-electron chi connectivity index (χ0n) is 17.9. The monoisotopic (exact) mass is 415 g/mol. The maximum absolute atomic E-state index is 6.03. The summed E-state index contributed by atoms with van der Waals surface area (Å²) in [7, 11) is 0. The van der Waals surface area contributed by atoms with Crippen LogP contribution in [-0.4, -0.2) is 29.7 Å². The van der Waals surface area contributed by atoms with Gasteiger partial charge in [-0.3, -0.25) is 4.84 Å². The van der Waals surface area contributed by atoms with Crippen LogP contribution >= 0.6 is 0 Å². The molecule has 5 rings (SSSR count). The zero-order chi connectivity index (χ0) is 21.2. The molecule has 2 aliphatic rings. The minimum atomic E-state index is 0.101. The number of hydrogen-bond acceptors (Lipinski definition) is 6. The highest BCUT2D eigenvalue weighted by molar-refractivity contribution is 5.77. The Morgan fingerprint density at radius 2 is 1.71 bits per heavy atom. The third-order valence-electron chi connectivity index (χ3n) is 6.41. The molecule has 31 heavy (non-hydrogen) atoms. The van der Waals surface area contributed by atoms with Gasteiger partial charge in [-0.1, -0.05) is 49.4 Å². The average molecular weight is 416 g/mol. The predicted octanol–water partition coefficient (Wildman–Crippen LogP) is 4.85. The first-order chi connectivity index (χ1) is 15.2. The molecule has 2 saturated heterocycles. The first-order valence-corrected chi connectivity index (χ1v) is 11.1. The molecule has 6 nitrogen and oxygen atoms in total. The van der Waals surface area contributed by atoms with Crippen LogP contribution in [0, 0.1) is 5.92 Å². The number of nitrogens with two attached hydrogens (primary N) is 1. The molecule has 0 aliphatic carbocycles. The van der Waals surface area contributed by atoms with Crippen molar-refractivity contribution in [3.8, 4) is 11.1 Å². The number of aromatic nitrogens is 2. The van der Waals surface area contributed by atoms with Crippen molar-refractivity contribution in [2.75, 3.05) is 35.4 Å². The van der Waals surface area contributed by atoms with Crippen LogP contribution in [0.5, 0.6) is 0 Å². The lowest BCUT2D eigenvalue weighted by molar-refractivity contribution is 0.157. The number of piperidine rings is 1. The Bertz CT molecular complexity index is 1020. The largest absolute Gasteiger partial charge is 0.372 e. The second-order valence-corrected chi connectivity index (χ2v) is 8.56. The standard InChI is InChI=1S/C25H29N5O/c1-18-11-14-29(15-12-18)21-9-7-19(8-10-21)22-17-27-25(26)28-24(22)30-23(13-16-31-30)20-5-3-2-4-6-20/h2-10,17-18,23H,11-16H2,1H3,(H2,26,27,28). The topological polar surface area (TPSA) is 67.5 Å². The van der Waals surface area contributed by atoms with Crippen LogP contribution in [0.25, 0.3) is 11.1 Å². The van der Waals surface area contributed by atoms with E-state index in [1.807, 2.05) is 11.1 Å². The molecule has 2 aliphatic heterocycles. The van der Waals surface area contributed by atoms with Gasteiger partial charge in [0, 0.05) is 37.0 Å². The summed E-state index contributed by atoms with van der Waals surface area (Å²) >= 11 is 0. The van der Waals surface area contributed by atoms with Crippen molar-refractivity contribution in [2.45, 2.75) is 32.2 Å². The van der Waals surface area contributed by atoms with Crippen molar-refractivity contribution < 1.29 is 4.84 Å². The Kier molecular flexibility index (Phi) is 5.47. The predicted molar refractivity (Wildman–Crippen MR) is 125 cm³/mol. The van der Waals surface area contributed by atoms with Crippen LogP contribution in [-0.2, 0) is 4.84 Å². The van der Waals surface area contributed by atoms with Gasteiger partial charge in [-0.25, -0.2) is 10.0 Å². The van der Waals surface area contributed by atoms with Gasteiger partial charge >= 0.3 is 0 Å². The summed E-state index contributed by atoms with van der Waals surface area (Å²) in [6, 6.07) is 19.2. The van der Waals surface area contributed by atoms with Crippen molar-refractivity contribution in [3.05, 3.63) is 66.4 Å². The van der Waals surface area contributed by atoms with Gasteiger partial charge in [0.15, 0.2) is 5.82 Å². The molecule has 0 bridgehead atoms. The Morgan fingerprint density at radius 3 is 2.45 bits per heavy atom. The van der Waals surface area contributed by atoms with E-state index in [2.05, 4.69) is 70.3 Å². The van der Waals surface area contributed by atoms with Crippen LogP contribution in [0.4, 0.5) is 17.5 Å². The van der Waals surface area contributed by atoms with Crippen LogP contribution in [0.2, 0.25) is 0 Å². The number of nitrogens with zero attached hydrogens (tertiary/aromatic N) is 4. The molecule has 2 aromatic carbocycles. The lowest BCUT2D eigenvalue weighted by Gasteiger charge is -2.32. The number of hydroxylamine groups is 1. The quantitative estimate of drug-likeness (QED) is 0.657. The molecular weight excluding hydrogens is 386 g/mol. The van der Waals surface area contributed by atoms with Crippen molar-refractivity contribution in [2.24, 2.45) is 5.92 Å². The Labute approximate surface area is 183 Å². The molecule has 1 unspecified atom stereocenters. The van der Waals surface area contributed by atoms with Gasteiger partial charge in [0.1, 0.15) is 0 Å². The second-order valence-electron chi connectivity index (χ2n) is 8.56. The van der Waals surface area contributed by atoms with Crippen LogP contribution in [0.3, 0.4) is 0 Å². The fourth-order valence-corrected chi connectivity index (χ4v) is 4.53. The third-order valence-corrected chi connectivity index (χ3v) is 6.41. The van der Waals surface area contributed by atoms with Crippen LogP contribution in [0.1, 0.15) is 37.8 Å². The highest BCUT2D eigenvalue weighted by Gasteiger charge is 2.31. The molecule has 0 saturated carbocycles. The maximum Gasteiger partial charge on any atom is 0.222 e. The summed E-state index contributed by atoms with van der Waals surface area (Å²) in [5, 5.41) is 1.91. The lowest BCUT2D eigenvalue weighted by atomic mass is 9.98. The summed E-state index contributed by atoms with van der Waals surface area (Å²) in [5.74, 6) is 1.79. The van der Waals surface area contributed by atoms with Gasteiger partial charge in [0.05, 0.1) is 12.6 Å². The molecule has 1 aromatic heterocycles. The number of nitrogen functional groups attached to an aromatic ring is 1. The van der Waals surface area contributed by atoms with Crippen molar-refractivity contribution in [1.82, 2.24) is 9.97 Å². The van der Waals surface area contributed by atoms with Crippen molar-refractivity contribution in [3.63, 3.8) is 0 Å². The molecular formula is C25H29N5O. The molecule has 2 fully saturated rings. The summed E-state index contributed by atoms with van der Waals surface area (Å²) < 4.78 is 0. The number of hydrogen-bond donors (Lipinski definition) is 1. The van der Waals surface area contributed by atoms with Crippen molar-refractivity contribution >= 4 is 17.5 Å². The molecule has 0 radical (unpaired) electrons. The molecule has 1 atom stereocenters. The van der Waals surface area contributed by atoms with Gasteiger partial charge in [-0.15, -0.1) is 0 Å². The number of rotatable bonds is 4. The normalized spacial score (nSPS) is 19.7. The van der Waals surface area contributed by atoms with E-state index >= 15 is 0 Å². The Balaban J connectivity index is 1.45. The third kappa shape index (κ3) is 4.08. The van der Waals surface area contributed by atoms with Crippen molar-refractivity contribution in [1.29, 1.82) is 0 Å². The summed E-state index contributed by atoms with van der Waals surface area (Å²) in [6.45, 7) is 5.23. The minimum absolute atomic E-state index is 0.101. The van der Waals surface area contributed by atoms with E-state index in [9.17, 15) is 0 Å². The van der Waals surface area contributed by atoms with Gasteiger partial charge in [-0.05, 0) is 42.0 Å². The average Bonchev–Trinajstić information content (AvgIpc) is 3.30. The first kappa shape index (κ1) is 19.8. The summed E-state index contributed by atoms with van der Waals surface area (Å²) in [6.07, 6.45) is 5.22. The van der Waals surface area contributed by atoms with E-state index in [4.69, 9.17) is 10.6 Å². The first-order valence-electron chi connectivity index (χ1n) is 11.1. The Hall–Kier alpha value is -3.12. The summed E-state index contributed by atoms with van der Waals surface area (Å²) in [5.41, 5.74) is 10.4. The van der Waals surface area contributed by atoms with Gasteiger partial charge in [0.25, 0.3) is 0 Å². The Morgan fingerprint density at radius 1 is 0.968 bits per heavy atom. The number of anilines is 3. The fraction of sp³-hybridized carbons (Fsp3) is 0.360. The molecule has 0 spiro atoms. The minimum Gasteiger partial charge on any atom is -0.372 e. The van der Waals surface area contributed by atoms with E-state index in [0.717, 1.165) is 42.4 Å².